The van der Waals surface area contributed by atoms with E-state index in [0.29, 0.717) is 24.7 Å². The Morgan fingerprint density at radius 1 is 1.30 bits per heavy atom. The van der Waals surface area contributed by atoms with Crippen LogP contribution in [-0.2, 0) is 20.9 Å². The van der Waals surface area contributed by atoms with Gasteiger partial charge in [0.15, 0.2) is 0 Å². The molecule has 4 heterocycles. The van der Waals surface area contributed by atoms with Gasteiger partial charge in [0.1, 0.15) is 17.6 Å². The number of anilines is 1. The molecule has 2 saturated heterocycles. The Morgan fingerprint density at radius 3 is 2.73 bits per heavy atom. The fourth-order valence-electron chi connectivity index (χ4n) is 4.93. The number of hydrogen-bond donors (Lipinski definition) is 0. The van der Waals surface area contributed by atoms with Gasteiger partial charge in [-0.3, -0.25) is 9.59 Å². The Morgan fingerprint density at radius 2 is 2.07 bits per heavy atom. The van der Waals surface area contributed by atoms with E-state index in [1.807, 2.05) is 24.3 Å². The number of carbonyl (C=O) groups excluding carboxylic acids is 2. The highest BCUT2D eigenvalue weighted by Crippen LogP contribution is 2.53. The number of nitrogens with zero attached hydrogens (tertiary/aromatic N) is 3. The third kappa shape index (κ3) is 2.80. The molecule has 5 rings (SSSR count). The second kappa shape index (κ2) is 6.80. The van der Waals surface area contributed by atoms with Crippen LogP contribution in [0.1, 0.15) is 31.0 Å². The highest BCUT2D eigenvalue weighted by molar-refractivity contribution is 6.03. The van der Waals surface area contributed by atoms with E-state index in [1.54, 1.807) is 22.9 Å². The minimum Gasteiger partial charge on any atom is -0.364 e. The highest BCUT2D eigenvalue weighted by atomic mass is 16.5. The zero-order chi connectivity index (χ0) is 21.0. The van der Waals surface area contributed by atoms with Gasteiger partial charge in [-0.05, 0) is 23.6 Å². The zero-order valence-corrected chi connectivity index (χ0v) is 17.3. The molecule has 2 aromatic rings. The molecular formula is C23H25N3O4. The summed E-state index contributed by atoms with van der Waals surface area (Å²) in [6.45, 7) is 5.04. The van der Waals surface area contributed by atoms with Gasteiger partial charge < -0.3 is 19.1 Å². The first-order chi connectivity index (χ1) is 14.4. The summed E-state index contributed by atoms with van der Waals surface area (Å²) in [5, 5.41) is 3.88. The SMILES string of the molecule is CC(C)c1ccc(N2C[C@@]34C=C[C@@H](O3)C(C(=O)N(C)Cc3ccon3)C4C2=O)cc1. The van der Waals surface area contributed by atoms with Crippen molar-refractivity contribution in [2.45, 2.75) is 38.0 Å². The van der Waals surface area contributed by atoms with Crippen LogP contribution in [0.3, 0.4) is 0 Å². The standard InChI is InChI=1S/C23H25N3O4/c1-14(2)15-4-6-17(7-5-15)26-13-23-10-8-18(30-23)19(20(23)22(26)28)21(27)25(3)12-16-9-11-29-24-16/h4-11,14,18-20H,12-13H2,1-3H3/t18-,19?,20?,23-/m1/s1. The number of rotatable bonds is 5. The molecule has 2 amide bonds. The normalized spacial score (nSPS) is 29.1. The summed E-state index contributed by atoms with van der Waals surface area (Å²) >= 11 is 0. The lowest BCUT2D eigenvalue weighted by Crippen LogP contribution is -2.44. The largest absolute Gasteiger partial charge is 0.364 e. The van der Waals surface area contributed by atoms with Gasteiger partial charge >= 0.3 is 0 Å². The van der Waals surface area contributed by atoms with Gasteiger partial charge in [0.2, 0.25) is 11.8 Å². The van der Waals surface area contributed by atoms with Gasteiger partial charge in [-0.15, -0.1) is 0 Å². The number of benzene rings is 1. The molecular weight excluding hydrogens is 382 g/mol. The molecule has 2 bridgehead atoms. The van der Waals surface area contributed by atoms with Crippen molar-refractivity contribution < 1.29 is 18.8 Å². The van der Waals surface area contributed by atoms with Crippen LogP contribution in [0.2, 0.25) is 0 Å². The van der Waals surface area contributed by atoms with E-state index >= 15 is 0 Å². The molecule has 7 nitrogen and oxygen atoms in total. The number of aromatic nitrogens is 1. The number of carbonyl (C=O) groups is 2. The Labute approximate surface area is 175 Å². The summed E-state index contributed by atoms with van der Waals surface area (Å²) in [7, 11) is 1.72. The van der Waals surface area contributed by atoms with Crippen LogP contribution in [0, 0.1) is 11.8 Å². The van der Waals surface area contributed by atoms with Gasteiger partial charge in [-0.2, -0.15) is 0 Å². The molecule has 1 aromatic carbocycles. The number of ether oxygens (including phenoxy) is 1. The van der Waals surface area contributed by atoms with Gasteiger partial charge in [0.05, 0.1) is 31.0 Å². The van der Waals surface area contributed by atoms with Gasteiger partial charge in [0.25, 0.3) is 0 Å². The second-order valence-corrected chi connectivity index (χ2v) is 8.76. The average molecular weight is 407 g/mol. The first-order valence-electron chi connectivity index (χ1n) is 10.3. The van der Waals surface area contributed by atoms with Crippen LogP contribution in [0.25, 0.3) is 0 Å². The van der Waals surface area contributed by atoms with Gasteiger partial charge in [0, 0.05) is 18.8 Å². The summed E-state index contributed by atoms with van der Waals surface area (Å²) in [4.78, 5) is 30.1. The molecule has 30 heavy (non-hydrogen) atoms. The summed E-state index contributed by atoms with van der Waals surface area (Å²) in [5.74, 6) is -0.767. The lowest BCUT2D eigenvalue weighted by Gasteiger charge is -2.27. The molecule has 1 spiro atoms. The molecule has 3 aliphatic heterocycles. The van der Waals surface area contributed by atoms with Crippen LogP contribution < -0.4 is 4.90 Å². The predicted octanol–water partition coefficient (Wildman–Crippen LogP) is 2.74. The van der Waals surface area contributed by atoms with Crippen molar-refractivity contribution in [3.05, 3.63) is 60.0 Å². The van der Waals surface area contributed by atoms with E-state index in [1.165, 1.54) is 11.8 Å². The maximum atomic E-state index is 13.5. The van der Waals surface area contributed by atoms with Crippen molar-refractivity contribution in [1.82, 2.24) is 10.1 Å². The van der Waals surface area contributed by atoms with Gasteiger partial charge in [-0.25, -0.2) is 0 Å². The van der Waals surface area contributed by atoms with Crippen molar-refractivity contribution in [3.8, 4) is 0 Å². The molecule has 1 aromatic heterocycles. The summed E-state index contributed by atoms with van der Waals surface area (Å²) in [5.41, 5.74) is 2.01. The molecule has 156 valence electrons. The monoisotopic (exact) mass is 407 g/mol. The zero-order valence-electron chi connectivity index (χ0n) is 17.3. The summed E-state index contributed by atoms with van der Waals surface area (Å²) < 4.78 is 11.1. The van der Waals surface area contributed by atoms with E-state index in [-0.39, 0.29) is 17.9 Å². The van der Waals surface area contributed by atoms with E-state index in [9.17, 15) is 9.59 Å². The maximum absolute atomic E-state index is 13.5. The number of amides is 2. The fourth-order valence-corrected chi connectivity index (χ4v) is 4.93. The van der Waals surface area contributed by atoms with Crippen LogP contribution in [-0.4, -0.2) is 47.2 Å². The molecule has 3 aliphatic rings. The van der Waals surface area contributed by atoms with E-state index in [2.05, 4.69) is 31.1 Å². The van der Waals surface area contributed by atoms with Crippen molar-refractivity contribution in [1.29, 1.82) is 0 Å². The van der Waals surface area contributed by atoms with Crippen molar-refractivity contribution in [3.63, 3.8) is 0 Å². The number of fused-ring (bicyclic) bond motifs is 1. The van der Waals surface area contributed by atoms with Crippen molar-refractivity contribution >= 4 is 17.5 Å². The Kier molecular flexibility index (Phi) is 4.32. The lowest BCUT2D eigenvalue weighted by atomic mass is 9.76. The topological polar surface area (TPSA) is 75.9 Å². The maximum Gasteiger partial charge on any atom is 0.234 e. The van der Waals surface area contributed by atoms with Crippen molar-refractivity contribution in [2.24, 2.45) is 11.8 Å². The smallest absolute Gasteiger partial charge is 0.234 e. The summed E-state index contributed by atoms with van der Waals surface area (Å²) in [6, 6.07) is 9.80. The van der Waals surface area contributed by atoms with Crippen LogP contribution in [0.5, 0.6) is 0 Å². The molecule has 2 unspecified atom stereocenters. The Balaban J connectivity index is 1.40. The molecule has 0 N–H and O–H groups in total. The first-order valence-corrected chi connectivity index (χ1v) is 10.3. The Hall–Kier alpha value is -2.93. The van der Waals surface area contributed by atoms with E-state index in [4.69, 9.17) is 9.26 Å². The minimum atomic E-state index is -0.729. The molecule has 2 fully saturated rings. The molecule has 7 heteroatoms. The second-order valence-electron chi connectivity index (χ2n) is 8.76. The first kappa shape index (κ1) is 19.1. The third-order valence-electron chi connectivity index (χ3n) is 6.52. The van der Waals surface area contributed by atoms with E-state index < -0.39 is 17.4 Å². The Bertz CT molecular complexity index is 998. The quantitative estimate of drug-likeness (QED) is 0.713. The highest BCUT2D eigenvalue weighted by Gasteiger charge is 2.67. The summed E-state index contributed by atoms with van der Waals surface area (Å²) in [6.07, 6.45) is 5.03. The van der Waals surface area contributed by atoms with Crippen LogP contribution in [0.4, 0.5) is 5.69 Å². The lowest BCUT2D eigenvalue weighted by molar-refractivity contribution is -0.139. The third-order valence-corrected chi connectivity index (χ3v) is 6.52. The van der Waals surface area contributed by atoms with Crippen LogP contribution in [0.15, 0.2) is 53.3 Å². The minimum absolute atomic E-state index is 0.0488. The fraction of sp³-hybridized carbons (Fsp3) is 0.435. The molecule has 0 saturated carbocycles. The molecule has 0 aliphatic carbocycles. The number of hydrogen-bond acceptors (Lipinski definition) is 5. The predicted molar refractivity (Wildman–Crippen MR) is 110 cm³/mol. The van der Waals surface area contributed by atoms with Crippen molar-refractivity contribution in [2.75, 3.05) is 18.5 Å². The van der Waals surface area contributed by atoms with Gasteiger partial charge in [-0.1, -0.05) is 43.3 Å². The molecule has 4 atom stereocenters. The van der Waals surface area contributed by atoms with Crippen LogP contribution >= 0.6 is 0 Å². The average Bonchev–Trinajstić information content (AvgIpc) is 3.50. The van der Waals surface area contributed by atoms with E-state index in [0.717, 1.165) is 5.69 Å². The molecule has 0 radical (unpaired) electrons.